The number of hydrogen-bond donors (Lipinski definition) is 2. The predicted molar refractivity (Wildman–Crippen MR) is 107 cm³/mol. The molecule has 1 saturated carbocycles. The van der Waals surface area contributed by atoms with Crippen molar-refractivity contribution in [2.75, 3.05) is 11.9 Å². The van der Waals surface area contributed by atoms with Gasteiger partial charge in [-0.15, -0.1) is 0 Å². The van der Waals surface area contributed by atoms with E-state index in [9.17, 15) is 10.2 Å². The summed E-state index contributed by atoms with van der Waals surface area (Å²) in [4.78, 5) is 4.80. The predicted octanol–water partition coefficient (Wildman–Crippen LogP) is 3.08. The number of halogens is 2. The standard InChI is InChI=1S/C20H24Br2N2O2/c1-3-9-10-6-13-17-20(7-14(15(10)18(20)25)24(13)19(9)26)11-4-8(21)5-12(22)16(11)23(17)2/h4-5,9-10,13-15,17-19,25-26H,3,6-7H2,1-2H3/t9-,10+,13-,14-,15-,17-,18-,19+,20+/m0/s1. The average molecular weight is 484 g/mol. The molecular formula is C20H24Br2N2O2. The van der Waals surface area contributed by atoms with Crippen LogP contribution in [-0.4, -0.2) is 52.6 Å². The van der Waals surface area contributed by atoms with E-state index in [0.717, 1.165) is 28.2 Å². The molecule has 0 radical (unpaired) electrons. The first kappa shape index (κ1) is 16.8. The van der Waals surface area contributed by atoms with Gasteiger partial charge in [0.25, 0.3) is 0 Å². The van der Waals surface area contributed by atoms with E-state index in [0.29, 0.717) is 29.8 Å². The van der Waals surface area contributed by atoms with Gasteiger partial charge in [-0.3, -0.25) is 4.90 Å². The molecule has 2 N–H and O–H groups in total. The molecule has 4 nitrogen and oxygen atoms in total. The van der Waals surface area contributed by atoms with E-state index >= 15 is 0 Å². The highest BCUT2D eigenvalue weighted by atomic mass is 79.9. The SMILES string of the molecule is CC[C@H]1[C@H]2C[C@H]3[C@@H]4N(C)c5c(Br)cc(Br)cc5[C@]45C[C@@H]([C@H]2[C@@H]5O)N3[C@@H]1O. The topological polar surface area (TPSA) is 46.9 Å². The van der Waals surface area contributed by atoms with E-state index in [2.05, 4.69) is 67.8 Å². The van der Waals surface area contributed by atoms with Crippen LogP contribution in [0.1, 0.15) is 31.7 Å². The van der Waals surface area contributed by atoms with E-state index in [1.54, 1.807) is 0 Å². The van der Waals surface area contributed by atoms with Crippen molar-refractivity contribution in [1.29, 1.82) is 0 Å². The van der Waals surface area contributed by atoms with Gasteiger partial charge in [-0.25, -0.2) is 0 Å². The summed E-state index contributed by atoms with van der Waals surface area (Å²) in [6.07, 6.45) is 2.39. The quantitative estimate of drug-likeness (QED) is 0.644. The van der Waals surface area contributed by atoms with Gasteiger partial charge in [0.1, 0.15) is 6.23 Å². The molecule has 5 fully saturated rings. The summed E-state index contributed by atoms with van der Waals surface area (Å²) in [5.41, 5.74) is 2.31. The maximum atomic E-state index is 11.7. The minimum absolute atomic E-state index is 0.204. The number of aliphatic hydroxyl groups is 2. The van der Waals surface area contributed by atoms with Crippen molar-refractivity contribution >= 4 is 37.5 Å². The fourth-order valence-corrected chi connectivity index (χ4v) is 9.48. The zero-order valence-corrected chi connectivity index (χ0v) is 18.1. The van der Waals surface area contributed by atoms with Crippen LogP contribution in [0.4, 0.5) is 5.69 Å². The van der Waals surface area contributed by atoms with Crippen LogP contribution in [0.5, 0.6) is 0 Å². The molecule has 7 rings (SSSR count). The molecule has 1 aromatic rings. The van der Waals surface area contributed by atoms with Gasteiger partial charge in [-0.05, 0) is 58.8 Å². The van der Waals surface area contributed by atoms with Crippen molar-refractivity contribution in [2.45, 2.75) is 62.1 Å². The lowest BCUT2D eigenvalue weighted by Gasteiger charge is -2.62. The average Bonchev–Trinajstić information content (AvgIpc) is 2.96. The van der Waals surface area contributed by atoms with Crippen LogP contribution in [0, 0.1) is 17.8 Å². The summed E-state index contributed by atoms with van der Waals surface area (Å²) in [6, 6.07) is 5.22. The normalized spacial score (nSPS) is 52.5. The van der Waals surface area contributed by atoms with Gasteiger partial charge >= 0.3 is 0 Å². The maximum absolute atomic E-state index is 11.7. The van der Waals surface area contributed by atoms with Crippen LogP contribution < -0.4 is 4.90 Å². The summed E-state index contributed by atoms with van der Waals surface area (Å²) < 4.78 is 2.15. The van der Waals surface area contributed by atoms with Crippen molar-refractivity contribution in [3.8, 4) is 0 Å². The highest BCUT2D eigenvalue weighted by Gasteiger charge is 2.76. The molecule has 6 aliphatic rings. The molecule has 6 heteroatoms. The molecule has 1 unspecified atom stereocenters. The number of likely N-dealkylation sites (N-methyl/N-ethyl adjacent to an activating group) is 1. The Morgan fingerprint density at radius 3 is 2.73 bits per heavy atom. The molecule has 5 heterocycles. The monoisotopic (exact) mass is 482 g/mol. The van der Waals surface area contributed by atoms with E-state index < -0.39 is 0 Å². The van der Waals surface area contributed by atoms with Gasteiger partial charge in [0.15, 0.2) is 0 Å². The Labute approximate surface area is 170 Å². The number of rotatable bonds is 1. The van der Waals surface area contributed by atoms with E-state index in [-0.39, 0.29) is 23.8 Å². The minimum Gasteiger partial charge on any atom is -0.392 e. The van der Waals surface area contributed by atoms with Crippen molar-refractivity contribution < 1.29 is 10.2 Å². The first-order chi connectivity index (χ1) is 12.4. The Morgan fingerprint density at radius 2 is 2.00 bits per heavy atom. The third kappa shape index (κ3) is 1.58. The number of anilines is 1. The molecular weight excluding hydrogens is 460 g/mol. The lowest BCUT2D eigenvalue weighted by molar-refractivity contribution is -0.211. The molecule has 0 amide bonds. The minimum atomic E-state index is -0.347. The summed E-state index contributed by atoms with van der Waals surface area (Å²) in [5.74, 6) is 1.04. The molecule has 0 aromatic heterocycles. The van der Waals surface area contributed by atoms with Crippen LogP contribution in [0.2, 0.25) is 0 Å². The van der Waals surface area contributed by atoms with Crippen LogP contribution >= 0.6 is 31.9 Å². The number of fused-ring (bicyclic) bond motifs is 2. The molecule has 1 aliphatic carbocycles. The summed E-state index contributed by atoms with van der Waals surface area (Å²) in [6.45, 7) is 2.19. The molecule has 1 spiro atoms. The Balaban J connectivity index is 1.61. The fourth-order valence-electron chi connectivity index (χ4n) is 7.97. The lowest BCUT2D eigenvalue weighted by Crippen LogP contribution is -2.72. The Hall–Kier alpha value is -0.140. The van der Waals surface area contributed by atoms with Crippen LogP contribution in [-0.2, 0) is 5.41 Å². The molecule has 5 aliphatic heterocycles. The molecule has 26 heavy (non-hydrogen) atoms. The molecule has 1 aromatic carbocycles. The van der Waals surface area contributed by atoms with Crippen molar-refractivity contribution in [3.63, 3.8) is 0 Å². The van der Waals surface area contributed by atoms with Gasteiger partial charge in [0, 0.05) is 45.3 Å². The third-order valence-corrected chi connectivity index (χ3v) is 9.62. The number of hydrogen-bond acceptors (Lipinski definition) is 4. The summed E-state index contributed by atoms with van der Waals surface area (Å²) in [5, 5.41) is 22.9. The van der Waals surface area contributed by atoms with Crippen LogP contribution in [0.3, 0.4) is 0 Å². The highest BCUT2D eigenvalue weighted by molar-refractivity contribution is 9.11. The van der Waals surface area contributed by atoms with Gasteiger partial charge in [0.05, 0.1) is 17.8 Å². The van der Waals surface area contributed by atoms with Gasteiger partial charge < -0.3 is 15.1 Å². The van der Waals surface area contributed by atoms with Crippen LogP contribution in [0.25, 0.3) is 0 Å². The Morgan fingerprint density at radius 1 is 1.23 bits per heavy atom. The third-order valence-electron chi connectivity index (χ3n) is 8.56. The summed E-state index contributed by atoms with van der Waals surface area (Å²) in [7, 11) is 2.17. The maximum Gasteiger partial charge on any atom is 0.111 e. The largest absolute Gasteiger partial charge is 0.392 e. The smallest absolute Gasteiger partial charge is 0.111 e. The molecule has 4 saturated heterocycles. The van der Waals surface area contributed by atoms with Gasteiger partial charge in [0.2, 0.25) is 0 Å². The number of aliphatic hydroxyl groups excluding tert-OH is 2. The highest BCUT2D eigenvalue weighted by Crippen LogP contribution is 2.69. The summed E-state index contributed by atoms with van der Waals surface area (Å²) >= 11 is 7.44. The van der Waals surface area contributed by atoms with E-state index in [1.165, 1.54) is 11.3 Å². The Bertz CT molecular complexity index is 819. The second-order valence-electron chi connectivity index (χ2n) is 9.07. The number of piperidine rings is 4. The van der Waals surface area contributed by atoms with Crippen molar-refractivity contribution in [3.05, 3.63) is 26.6 Å². The molecule has 10 atom stereocenters. The lowest BCUT2D eigenvalue weighted by atomic mass is 9.62. The van der Waals surface area contributed by atoms with Crippen molar-refractivity contribution in [2.24, 2.45) is 17.8 Å². The van der Waals surface area contributed by atoms with Crippen LogP contribution in [0.15, 0.2) is 21.1 Å². The first-order valence-electron chi connectivity index (χ1n) is 9.77. The zero-order valence-electron chi connectivity index (χ0n) is 14.9. The van der Waals surface area contributed by atoms with Gasteiger partial charge in [-0.2, -0.15) is 0 Å². The van der Waals surface area contributed by atoms with Gasteiger partial charge in [-0.1, -0.05) is 22.9 Å². The first-order valence-corrected chi connectivity index (χ1v) is 11.4. The number of nitrogens with zero attached hydrogens (tertiary/aromatic N) is 2. The zero-order chi connectivity index (χ0) is 18.1. The van der Waals surface area contributed by atoms with E-state index in [1.807, 2.05) is 0 Å². The second-order valence-corrected chi connectivity index (χ2v) is 10.8. The second kappa shape index (κ2) is 5.07. The Kier molecular flexibility index (Phi) is 3.27. The molecule has 140 valence electrons. The fraction of sp³-hybridized carbons (Fsp3) is 0.700. The number of benzene rings is 1. The van der Waals surface area contributed by atoms with E-state index in [4.69, 9.17) is 0 Å². The molecule has 5 bridgehead atoms. The van der Waals surface area contributed by atoms with Crippen molar-refractivity contribution in [1.82, 2.24) is 4.90 Å².